The number of fused-ring (bicyclic) bond motifs is 2. The lowest BCUT2D eigenvalue weighted by atomic mass is 9.99. The Morgan fingerprint density at radius 3 is 2.68 bits per heavy atom. The summed E-state index contributed by atoms with van der Waals surface area (Å²) in [7, 11) is 0. The molecule has 3 saturated heterocycles. The number of hydrogen-bond acceptors (Lipinski definition) is 3. The lowest BCUT2D eigenvalue weighted by Gasteiger charge is -2.34. The number of carbonyl (C=O) groups is 1. The molecule has 4 heteroatoms. The van der Waals surface area contributed by atoms with E-state index in [1.807, 2.05) is 0 Å². The monoisotopic (exact) mass is 266 g/mol. The molecule has 3 rings (SSSR count). The Bertz CT molecular complexity index is 339. The average Bonchev–Trinajstić information content (AvgIpc) is 2.95. The van der Waals surface area contributed by atoms with Gasteiger partial charge in [0, 0.05) is 32.7 Å². The molecule has 108 valence electrons. The summed E-state index contributed by atoms with van der Waals surface area (Å²) >= 11 is 0. The molecule has 3 fully saturated rings. The number of likely N-dealkylation sites (tertiary alicyclic amines) is 2. The van der Waals surface area contributed by atoms with Gasteiger partial charge in [0.1, 0.15) is 0 Å². The van der Waals surface area contributed by atoms with Gasteiger partial charge in [0.05, 0.1) is 18.1 Å². The summed E-state index contributed by atoms with van der Waals surface area (Å²) in [4.78, 5) is 17.1. The number of hydrogen-bond donors (Lipinski definition) is 0. The van der Waals surface area contributed by atoms with Crippen LogP contribution in [0.1, 0.15) is 33.1 Å². The molecular weight excluding hydrogens is 240 g/mol. The molecule has 4 nitrogen and oxygen atoms in total. The fourth-order valence-electron chi connectivity index (χ4n) is 3.83. The van der Waals surface area contributed by atoms with Crippen molar-refractivity contribution in [3.8, 4) is 0 Å². The predicted molar refractivity (Wildman–Crippen MR) is 73.9 cm³/mol. The van der Waals surface area contributed by atoms with Gasteiger partial charge in [0.15, 0.2) is 0 Å². The maximum Gasteiger partial charge on any atom is 0.228 e. The fraction of sp³-hybridized carbons (Fsp3) is 0.933. The van der Waals surface area contributed by atoms with Crippen molar-refractivity contribution in [2.75, 3.05) is 32.7 Å². The third-order valence-corrected chi connectivity index (χ3v) is 4.59. The van der Waals surface area contributed by atoms with Crippen molar-refractivity contribution in [1.29, 1.82) is 0 Å². The van der Waals surface area contributed by atoms with Crippen LogP contribution in [0.15, 0.2) is 0 Å². The maximum atomic E-state index is 12.5. The van der Waals surface area contributed by atoms with E-state index in [2.05, 4.69) is 23.6 Å². The van der Waals surface area contributed by atoms with Crippen molar-refractivity contribution in [1.82, 2.24) is 9.80 Å². The van der Waals surface area contributed by atoms with Crippen molar-refractivity contribution in [2.24, 2.45) is 11.8 Å². The van der Waals surface area contributed by atoms with Gasteiger partial charge in [0.25, 0.3) is 0 Å². The van der Waals surface area contributed by atoms with Crippen molar-refractivity contribution >= 4 is 5.91 Å². The van der Waals surface area contributed by atoms with Gasteiger partial charge in [-0.2, -0.15) is 0 Å². The van der Waals surface area contributed by atoms with Gasteiger partial charge >= 0.3 is 0 Å². The second-order valence-corrected chi connectivity index (χ2v) is 6.78. The van der Waals surface area contributed by atoms with Crippen molar-refractivity contribution in [3.63, 3.8) is 0 Å². The Kier molecular flexibility index (Phi) is 3.81. The SMILES string of the molecule is CC(C)CN1C[C@H]2C[C@H](C(=O)N3CCCC3)[C@@H](C1)O2. The molecule has 2 bridgehead atoms. The number of carbonyl (C=O) groups excluding carboxylic acids is 1. The molecule has 3 heterocycles. The van der Waals surface area contributed by atoms with Gasteiger partial charge in [-0.05, 0) is 25.2 Å². The van der Waals surface area contributed by atoms with Crippen LogP contribution in [-0.2, 0) is 9.53 Å². The molecule has 3 aliphatic heterocycles. The second kappa shape index (κ2) is 5.41. The van der Waals surface area contributed by atoms with Crippen molar-refractivity contribution < 1.29 is 9.53 Å². The largest absolute Gasteiger partial charge is 0.371 e. The Labute approximate surface area is 116 Å². The molecule has 0 unspecified atom stereocenters. The molecule has 19 heavy (non-hydrogen) atoms. The van der Waals surface area contributed by atoms with Crippen LogP contribution in [0.4, 0.5) is 0 Å². The Morgan fingerprint density at radius 2 is 2.00 bits per heavy atom. The average molecular weight is 266 g/mol. The van der Waals surface area contributed by atoms with E-state index in [4.69, 9.17) is 4.74 Å². The minimum Gasteiger partial charge on any atom is -0.371 e. The highest BCUT2D eigenvalue weighted by Gasteiger charge is 2.45. The van der Waals surface area contributed by atoms with Gasteiger partial charge in [-0.25, -0.2) is 0 Å². The van der Waals surface area contributed by atoms with E-state index in [0.717, 1.165) is 39.1 Å². The zero-order valence-corrected chi connectivity index (χ0v) is 12.2. The van der Waals surface area contributed by atoms with Gasteiger partial charge in [0.2, 0.25) is 5.91 Å². The van der Waals surface area contributed by atoms with Crippen LogP contribution in [-0.4, -0.2) is 60.6 Å². The lowest BCUT2D eigenvalue weighted by Crippen LogP contribution is -2.46. The second-order valence-electron chi connectivity index (χ2n) is 6.78. The number of amides is 1. The van der Waals surface area contributed by atoms with E-state index in [1.54, 1.807) is 0 Å². The zero-order valence-electron chi connectivity index (χ0n) is 12.2. The molecule has 3 atom stereocenters. The first-order chi connectivity index (χ1) is 9.13. The fourth-order valence-corrected chi connectivity index (χ4v) is 3.83. The molecular formula is C15H26N2O2. The summed E-state index contributed by atoms with van der Waals surface area (Å²) in [6.07, 6.45) is 3.72. The Hall–Kier alpha value is -0.610. The first kappa shape index (κ1) is 13.4. The van der Waals surface area contributed by atoms with E-state index in [0.29, 0.717) is 11.8 Å². The summed E-state index contributed by atoms with van der Waals surface area (Å²) in [6.45, 7) is 9.51. The summed E-state index contributed by atoms with van der Waals surface area (Å²) in [5, 5.41) is 0. The summed E-state index contributed by atoms with van der Waals surface area (Å²) in [6, 6.07) is 0. The lowest BCUT2D eigenvalue weighted by molar-refractivity contribution is -0.137. The number of nitrogens with zero attached hydrogens (tertiary/aromatic N) is 2. The molecule has 0 N–H and O–H groups in total. The molecule has 1 amide bonds. The topological polar surface area (TPSA) is 32.8 Å². The number of morpholine rings is 1. The van der Waals surface area contributed by atoms with E-state index in [-0.39, 0.29) is 18.1 Å². The minimum absolute atomic E-state index is 0.125. The zero-order chi connectivity index (χ0) is 13.4. The highest BCUT2D eigenvalue weighted by Crippen LogP contribution is 2.34. The van der Waals surface area contributed by atoms with Gasteiger partial charge < -0.3 is 9.64 Å². The van der Waals surface area contributed by atoms with Crippen LogP contribution in [0.5, 0.6) is 0 Å². The molecule has 0 radical (unpaired) electrons. The molecule has 0 aromatic heterocycles. The van der Waals surface area contributed by atoms with Gasteiger partial charge in [-0.3, -0.25) is 9.69 Å². The minimum atomic E-state index is 0.125. The molecule has 0 aromatic rings. The van der Waals surface area contributed by atoms with E-state index >= 15 is 0 Å². The highest BCUT2D eigenvalue weighted by molar-refractivity contribution is 5.80. The number of ether oxygens (including phenoxy) is 1. The smallest absolute Gasteiger partial charge is 0.228 e. The molecule has 0 spiro atoms. The summed E-state index contributed by atoms with van der Waals surface area (Å²) in [5.41, 5.74) is 0. The Morgan fingerprint density at radius 1 is 1.26 bits per heavy atom. The van der Waals surface area contributed by atoms with Crippen LogP contribution >= 0.6 is 0 Å². The third kappa shape index (κ3) is 2.79. The van der Waals surface area contributed by atoms with Crippen LogP contribution < -0.4 is 0 Å². The Balaban J connectivity index is 1.61. The highest BCUT2D eigenvalue weighted by atomic mass is 16.5. The summed E-state index contributed by atoms with van der Waals surface area (Å²) in [5.74, 6) is 1.17. The summed E-state index contributed by atoms with van der Waals surface area (Å²) < 4.78 is 6.01. The predicted octanol–water partition coefficient (Wildman–Crippen LogP) is 1.35. The van der Waals surface area contributed by atoms with Crippen LogP contribution in [0.25, 0.3) is 0 Å². The van der Waals surface area contributed by atoms with Crippen molar-refractivity contribution in [2.45, 2.75) is 45.3 Å². The number of rotatable bonds is 3. The van der Waals surface area contributed by atoms with E-state index in [9.17, 15) is 4.79 Å². The van der Waals surface area contributed by atoms with Gasteiger partial charge in [-0.1, -0.05) is 13.8 Å². The quantitative estimate of drug-likeness (QED) is 0.773. The maximum absolute atomic E-state index is 12.5. The van der Waals surface area contributed by atoms with Crippen LogP contribution in [0.2, 0.25) is 0 Å². The first-order valence-corrected chi connectivity index (χ1v) is 7.80. The molecule has 0 aromatic carbocycles. The van der Waals surface area contributed by atoms with Crippen molar-refractivity contribution in [3.05, 3.63) is 0 Å². The standard InChI is InChI=1S/C15H26N2O2/c1-11(2)8-16-9-12-7-13(14(10-16)19-12)15(18)17-5-3-4-6-17/h11-14H,3-10H2,1-2H3/t12-,13+,14-/m1/s1. The van der Waals surface area contributed by atoms with Crippen LogP contribution in [0.3, 0.4) is 0 Å². The third-order valence-electron chi connectivity index (χ3n) is 4.59. The van der Waals surface area contributed by atoms with Gasteiger partial charge in [-0.15, -0.1) is 0 Å². The van der Waals surface area contributed by atoms with E-state index < -0.39 is 0 Å². The first-order valence-electron chi connectivity index (χ1n) is 7.80. The molecule has 3 aliphatic rings. The molecule has 0 aliphatic carbocycles. The normalized spacial score (nSPS) is 35.3. The van der Waals surface area contributed by atoms with E-state index in [1.165, 1.54) is 12.8 Å². The van der Waals surface area contributed by atoms with Crippen LogP contribution in [0, 0.1) is 11.8 Å². The molecule has 0 saturated carbocycles.